The molecule has 10 heteroatoms. The summed E-state index contributed by atoms with van der Waals surface area (Å²) >= 11 is 0. The Kier molecular flexibility index (Phi) is 5.57. The van der Waals surface area contributed by atoms with Gasteiger partial charge in [0.1, 0.15) is 12.5 Å². The van der Waals surface area contributed by atoms with Crippen molar-refractivity contribution in [2.75, 3.05) is 25.1 Å². The Morgan fingerprint density at radius 1 is 1.23 bits per heavy atom. The minimum atomic E-state index is -4.73. The second-order valence-electron chi connectivity index (χ2n) is 7.54. The summed E-state index contributed by atoms with van der Waals surface area (Å²) in [6.45, 7) is 1.51. The molecule has 1 amide bonds. The van der Waals surface area contributed by atoms with Crippen LogP contribution in [0.3, 0.4) is 0 Å². The third-order valence-electron chi connectivity index (χ3n) is 5.61. The van der Waals surface area contributed by atoms with Crippen LogP contribution in [-0.4, -0.2) is 31.7 Å². The van der Waals surface area contributed by atoms with Crippen molar-refractivity contribution in [1.29, 1.82) is 0 Å². The standard InChI is InChI=1S/C21H21F4N5O/c22-16-7-11(1-3-15(16)21(23,24)25)12-5-6-27-9-18(12)30-17-4-2-13(20(26)31)19-14(17)8-28-10-29-19/h1-4,7-8,12,18,27-28,30H,5-6,9-10H2,(H2,26,31). The van der Waals surface area contributed by atoms with Gasteiger partial charge >= 0.3 is 6.18 Å². The number of carbonyl (C=O) groups is 1. The molecule has 2 aliphatic rings. The fraction of sp³-hybridized carbons (Fsp3) is 0.333. The number of anilines is 1. The minimum Gasteiger partial charge on any atom is -0.380 e. The van der Waals surface area contributed by atoms with Gasteiger partial charge in [0.15, 0.2) is 0 Å². The van der Waals surface area contributed by atoms with Crippen LogP contribution in [0.25, 0.3) is 6.20 Å². The summed E-state index contributed by atoms with van der Waals surface area (Å²) in [4.78, 5) is 16.1. The molecule has 2 aromatic rings. The molecule has 1 saturated heterocycles. The van der Waals surface area contributed by atoms with Gasteiger partial charge in [-0.05, 0) is 42.8 Å². The van der Waals surface area contributed by atoms with E-state index in [2.05, 4.69) is 20.9 Å². The van der Waals surface area contributed by atoms with Gasteiger partial charge in [0.25, 0.3) is 5.91 Å². The molecule has 2 aromatic carbocycles. The van der Waals surface area contributed by atoms with Crippen LogP contribution in [0.15, 0.2) is 35.3 Å². The van der Waals surface area contributed by atoms with Gasteiger partial charge in [-0.1, -0.05) is 6.07 Å². The number of rotatable bonds is 4. The van der Waals surface area contributed by atoms with Gasteiger partial charge in [0.05, 0.1) is 16.5 Å². The average Bonchev–Trinajstić information content (AvgIpc) is 2.73. The number of nitrogens with two attached hydrogens (primary N) is 1. The van der Waals surface area contributed by atoms with Crippen molar-refractivity contribution < 1.29 is 22.4 Å². The van der Waals surface area contributed by atoms with Crippen LogP contribution < -0.4 is 32.3 Å². The number of hydrogen-bond acceptors (Lipinski definition) is 5. The van der Waals surface area contributed by atoms with Crippen molar-refractivity contribution >= 4 is 17.8 Å². The molecule has 4 rings (SSSR count). The lowest BCUT2D eigenvalue weighted by atomic mass is 9.85. The Balaban J connectivity index is 1.68. The topological polar surface area (TPSA) is 91.5 Å². The van der Waals surface area contributed by atoms with Crippen molar-refractivity contribution in [1.82, 2.24) is 10.6 Å². The van der Waals surface area contributed by atoms with E-state index in [1.54, 1.807) is 18.3 Å². The summed E-state index contributed by atoms with van der Waals surface area (Å²) in [5.74, 6) is -2.07. The van der Waals surface area contributed by atoms with Gasteiger partial charge in [-0.3, -0.25) is 9.79 Å². The van der Waals surface area contributed by atoms with E-state index in [0.29, 0.717) is 53.6 Å². The summed E-state index contributed by atoms with van der Waals surface area (Å²) in [6.07, 6.45) is -2.38. The SMILES string of the molecule is NC(=O)c1ccc(NC2CNCCC2c2ccc(C(F)(F)F)c(F)c2)c2c1=NCNC=2. The summed E-state index contributed by atoms with van der Waals surface area (Å²) in [5.41, 5.74) is 5.68. The molecule has 164 valence electrons. The van der Waals surface area contributed by atoms with Crippen molar-refractivity contribution in [3.8, 4) is 0 Å². The maximum Gasteiger partial charge on any atom is 0.419 e. The van der Waals surface area contributed by atoms with Gasteiger partial charge in [0.2, 0.25) is 0 Å². The van der Waals surface area contributed by atoms with Crippen LogP contribution in [0, 0.1) is 5.82 Å². The number of fused-ring (bicyclic) bond motifs is 1. The van der Waals surface area contributed by atoms with Crippen molar-refractivity contribution in [2.45, 2.75) is 24.6 Å². The number of benzene rings is 2. The number of hydrogen-bond donors (Lipinski definition) is 4. The molecule has 0 spiro atoms. The number of halogens is 4. The lowest BCUT2D eigenvalue weighted by Crippen LogP contribution is -2.47. The van der Waals surface area contributed by atoms with Crippen molar-refractivity contribution in [3.05, 3.63) is 63.4 Å². The molecule has 1 fully saturated rings. The molecule has 0 aromatic heterocycles. The zero-order chi connectivity index (χ0) is 22.2. The van der Waals surface area contributed by atoms with Gasteiger partial charge in [-0.15, -0.1) is 0 Å². The second-order valence-corrected chi connectivity index (χ2v) is 7.54. The monoisotopic (exact) mass is 435 g/mol. The third kappa shape index (κ3) is 4.20. The molecule has 5 N–H and O–H groups in total. The molecular weight excluding hydrogens is 414 g/mol. The number of carbonyl (C=O) groups excluding carboxylic acids is 1. The van der Waals surface area contributed by atoms with Gasteiger partial charge in [-0.25, -0.2) is 4.39 Å². The van der Waals surface area contributed by atoms with E-state index >= 15 is 0 Å². The van der Waals surface area contributed by atoms with E-state index in [0.717, 1.165) is 12.1 Å². The molecular formula is C21H21F4N5O. The number of amides is 1. The van der Waals surface area contributed by atoms with Gasteiger partial charge in [-0.2, -0.15) is 13.2 Å². The molecule has 0 radical (unpaired) electrons. The van der Waals surface area contributed by atoms with Crippen molar-refractivity contribution in [3.63, 3.8) is 0 Å². The van der Waals surface area contributed by atoms with E-state index in [1.165, 1.54) is 6.07 Å². The van der Waals surface area contributed by atoms with Crippen LogP contribution in [0.5, 0.6) is 0 Å². The highest BCUT2D eigenvalue weighted by molar-refractivity contribution is 5.93. The summed E-state index contributed by atoms with van der Waals surface area (Å²) in [5, 5.41) is 10.8. The highest BCUT2D eigenvalue weighted by atomic mass is 19.4. The fourth-order valence-electron chi connectivity index (χ4n) is 4.12. The van der Waals surface area contributed by atoms with E-state index in [9.17, 15) is 22.4 Å². The predicted molar refractivity (Wildman–Crippen MR) is 107 cm³/mol. The number of piperidine rings is 1. The largest absolute Gasteiger partial charge is 0.419 e. The molecule has 0 saturated carbocycles. The van der Waals surface area contributed by atoms with Crippen molar-refractivity contribution in [2.24, 2.45) is 10.7 Å². The molecule has 6 nitrogen and oxygen atoms in total. The second kappa shape index (κ2) is 8.18. The molecule has 2 unspecified atom stereocenters. The van der Waals surface area contributed by atoms with Crippen LogP contribution in [0.4, 0.5) is 23.2 Å². The Bertz CT molecular complexity index is 1130. The zero-order valence-electron chi connectivity index (χ0n) is 16.4. The highest BCUT2D eigenvalue weighted by Gasteiger charge is 2.35. The molecule has 31 heavy (non-hydrogen) atoms. The maximum absolute atomic E-state index is 14.2. The smallest absolute Gasteiger partial charge is 0.380 e. The van der Waals surface area contributed by atoms with E-state index in [1.807, 2.05) is 0 Å². The Morgan fingerprint density at radius 2 is 2.03 bits per heavy atom. The normalized spacial score (nSPS) is 20.6. The first-order chi connectivity index (χ1) is 14.8. The van der Waals surface area contributed by atoms with Crippen LogP contribution in [-0.2, 0) is 6.18 Å². The Morgan fingerprint density at radius 3 is 2.74 bits per heavy atom. The number of nitrogens with one attached hydrogen (secondary N) is 3. The summed E-state index contributed by atoms with van der Waals surface area (Å²) < 4.78 is 52.9. The lowest BCUT2D eigenvalue weighted by Gasteiger charge is -2.34. The lowest BCUT2D eigenvalue weighted by molar-refractivity contribution is -0.140. The highest BCUT2D eigenvalue weighted by Crippen LogP contribution is 2.34. The van der Waals surface area contributed by atoms with Crippen LogP contribution in [0.2, 0.25) is 0 Å². The Hall–Kier alpha value is -3.14. The quantitative estimate of drug-likeness (QED) is 0.547. The van der Waals surface area contributed by atoms with Crippen LogP contribution >= 0.6 is 0 Å². The number of nitrogens with zero attached hydrogens (tertiary/aromatic N) is 1. The molecule has 0 aliphatic carbocycles. The number of primary amides is 1. The van der Waals surface area contributed by atoms with E-state index in [4.69, 9.17) is 5.73 Å². The summed E-state index contributed by atoms with van der Waals surface area (Å²) in [6, 6.07) is 6.20. The van der Waals surface area contributed by atoms with Gasteiger partial charge < -0.3 is 21.7 Å². The minimum absolute atomic E-state index is 0.210. The predicted octanol–water partition coefficient (Wildman–Crippen LogP) is 1.42. The zero-order valence-corrected chi connectivity index (χ0v) is 16.4. The Labute approximate surface area is 175 Å². The van der Waals surface area contributed by atoms with E-state index in [-0.39, 0.29) is 12.0 Å². The van der Waals surface area contributed by atoms with Gasteiger partial charge in [0, 0.05) is 35.6 Å². The molecule has 0 bridgehead atoms. The first-order valence-electron chi connectivity index (χ1n) is 9.80. The fourth-order valence-corrected chi connectivity index (χ4v) is 4.12. The first-order valence-corrected chi connectivity index (χ1v) is 9.80. The molecule has 2 heterocycles. The van der Waals surface area contributed by atoms with E-state index < -0.39 is 23.5 Å². The number of alkyl halides is 3. The summed E-state index contributed by atoms with van der Waals surface area (Å²) in [7, 11) is 0. The first kappa shape index (κ1) is 21.1. The van der Waals surface area contributed by atoms with Crippen LogP contribution in [0.1, 0.15) is 33.8 Å². The average molecular weight is 435 g/mol. The molecule has 2 aliphatic heterocycles. The molecule has 2 atom stereocenters. The third-order valence-corrected chi connectivity index (χ3v) is 5.61. The maximum atomic E-state index is 14.2.